The number of benzene rings is 2. The Morgan fingerprint density at radius 2 is 1.87 bits per heavy atom. The number of likely N-dealkylation sites (tertiary alicyclic amines) is 1. The van der Waals surface area contributed by atoms with Crippen molar-refractivity contribution < 1.29 is 23.8 Å². The second-order valence-corrected chi connectivity index (χ2v) is 7.15. The molecule has 1 unspecified atom stereocenters. The van der Waals surface area contributed by atoms with Crippen LogP contribution in [0.15, 0.2) is 76.9 Å². The van der Waals surface area contributed by atoms with E-state index >= 15 is 0 Å². The van der Waals surface area contributed by atoms with Crippen molar-refractivity contribution in [2.45, 2.75) is 19.5 Å². The molecule has 0 aliphatic carbocycles. The van der Waals surface area contributed by atoms with Crippen molar-refractivity contribution in [3.63, 3.8) is 0 Å². The quantitative estimate of drug-likeness (QED) is 0.392. The highest BCUT2D eigenvalue weighted by atomic mass is 16.5. The lowest BCUT2D eigenvalue weighted by atomic mass is 9.94. The van der Waals surface area contributed by atoms with Gasteiger partial charge in [0.1, 0.15) is 17.3 Å². The third-order valence-electron chi connectivity index (χ3n) is 5.18. The first-order chi connectivity index (χ1) is 14.5. The van der Waals surface area contributed by atoms with Gasteiger partial charge in [0.2, 0.25) is 0 Å². The van der Waals surface area contributed by atoms with Crippen LogP contribution < -0.4 is 4.74 Å². The molecule has 4 rings (SSSR count). The number of hydrogen-bond acceptors (Lipinski definition) is 5. The number of amides is 1. The van der Waals surface area contributed by atoms with Gasteiger partial charge in [-0.3, -0.25) is 9.59 Å². The molecule has 0 saturated carbocycles. The number of aliphatic hydroxyl groups is 1. The summed E-state index contributed by atoms with van der Waals surface area (Å²) in [5, 5.41) is 11.1. The Morgan fingerprint density at radius 3 is 2.53 bits per heavy atom. The minimum Gasteiger partial charge on any atom is -0.507 e. The predicted molar refractivity (Wildman–Crippen MR) is 111 cm³/mol. The van der Waals surface area contributed by atoms with Crippen molar-refractivity contribution in [1.29, 1.82) is 0 Å². The fourth-order valence-corrected chi connectivity index (χ4v) is 3.63. The van der Waals surface area contributed by atoms with Gasteiger partial charge in [-0.15, -0.1) is 0 Å². The number of aliphatic hydroxyl groups excluding tert-OH is 1. The number of carbonyl (C=O) groups is 2. The van der Waals surface area contributed by atoms with Crippen LogP contribution in [-0.2, 0) is 16.1 Å². The summed E-state index contributed by atoms with van der Waals surface area (Å²) in [5.41, 5.74) is 2.23. The molecule has 0 spiro atoms. The van der Waals surface area contributed by atoms with Gasteiger partial charge in [0.05, 0.1) is 31.5 Å². The fraction of sp³-hybridized carbons (Fsp3) is 0.167. The van der Waals surface area contributed by atoms with Gasteiger partial charge in [0.15, 0.2) is 0 Å². The first-order valence-electron chi connectivity index (χ1n) is 9.51. The number of furan rings is 1. The van der Waals surface area contributed by atoms with Crippen LogP contribution in [0.5, 0.6) is 5.75 Å². The lowest BCUT2D eigenvalue weighted by Crippen LogP contribution is -2.29. The number of Topliss-reactive ketones (excluding diaryl/α,β-unsaturated/α-hetero) is 1. The first kappa shape index (κ1) is 19.5. The van der Waals surface area contributed by atoms with Crippen LogP contribution in [0.2, 0.25) is 0 Å². The molecule has 1 saturated heterocycles. The second-order valence-electron chi connectivity index (χ2n) is 7.15. The van der Waals surface area contributed by atoms with Crippen LogP contribution in [-0.4, -0.2) is 28.8 Å². The molecular weight excluding hydrogens is 382 g/mol. The van der Waals surface area contributed by atoms with E-state index in [9.17, 15) is 14.7 Å². The summed E-state index contributed by atoms with van der Waals surface area (Å²) in [6.45, 7) is 2.07. The van der Waals surface area contributed by atoms with E-state index in [-0.39, 0.29) is 17.9 Å². The normalized spacial score (nSPS) is 18.1. The molecule has 1 aliphatic heterocycles. The Morgan fingerprint density at radius 1 is 1.10 bits per heavy atom. The third-order valence-corrected chi connectivity index (χ3v) is 5.18. The number of rotatable bonds is 5. The van der Waals surface area contributed by atoms with Gasteiger partial charge in [0, 0.05) is 5.56 Å². The van der Waals surface area contributed by atoms with Gasteiger partial charge in [-0.05, 0) is 36.8 Å². The minimum absolute atomic E-state index is 0.0451. The molecule has 1 amide bonds. The van der Waals surface area contributed by atoms with Crippen molar-refractivity contribution in [2.24, 2.45) is 0 Å². The average Bonchev–Trinajstić information content (AvgIpc) is 3.36. The molecule has 6 nitrogen and oxygen atoms in total. The van der Waals surface area contributed by atoms with E-state index in [4.69, 9.17) is 9.15 Å². The van der Waals surface area contributed by atoms with Crippen molar-refractivity contribution in [2.75, 3.05) is 7.11 Å². The maximum absolute atomic E-state index is 13.0. The topological polar surface area (TPSA) is 80.0 Å². The zero-order chi connectivity index (χ0) is 21.3. The molecule has 1 atom stereocenters. The Labute approximate surface area is 174 Å². The van der Waals surface area contributed by atoms with E-state index < -0.39 is 17.7 Å². The SMILES string of the molecule is COc1cccc(C(O)=C2C(=O)C(=O)N(Cc3ccco3)C2c2ccc(C)cc2)c1. The highest BCUT2D eigenvalue weighted by molar-refractivity contribution is 6.46. The van der Waals surface area contributed by atoms with E-state index in [1.54, 1.807) is 36.4 Å². The molecule has 1 aromatic heterocycles. The molecular formula is C24H21NO5. The third kappa shape index (κ3) is 3.48. The van der Waals surface area contributed by atoms with Gasteiger partial charge in [-0.25, -0.2) is 0 Å². The van der Waals surface area contributed by atoms with Gasteiger partial charge in [-0.1, -0.05) is 42.0 Å². The van der Waals surface area contributed by atoms with Crippen molar-refractivity contribution in [3.05, 3.63) is 95.0 Å². The maximum Gasteiger partial charge on any atom is 0.296 e. The Balaban J connectivity index is 1.86. The van der Waals surface area contributed by atoms with E-state index in [0.29, 0.717) is 17.1 Å². The lowest BCUT2D eigenvalue weighted by molar-refractivity contribution is -0.140. The summed E-state index contributed by atoms with van der Waals surface area (Å²) in [7, 11) is 1.52. The molecule has 0 bridgehead atoms. The number of ketones is 1. The monoisotopic (exact) mass is 403 g/mol. The van der Waals surface area contributed by atoms with Crippen molar-refractivity contribution in [3.8, 4) is 5.75 Å². The minimum atomic E-state index is -0.734. The van der Waals surface area contributed by atoms with Crippen LogP contribution >= 0.6 is 0 Å². The number of aryl methyl sites for hydroxylation is 1. The van der Waals surface area contributed by atoms with Gasteiger partial charge in [-0.2, -0.15) is 0 Å². The highest BCUT2D eigenvalue weighted by Crippen LogP contribution is 2.40. The Hall–Kier alpha value is -3.80. The Bertz CT molecular complexity index is 1110. The lowest BCUT2D eigenvalue weighted by Gasteiger charge is -2.24. The number of methoxy groups -OCH3 is 1. The van der Waals surface area contributed by atoms with E-state index in [1.807, 2.05) is 31.2 Å². The van der Waals surface area contributed by atoms with Crippen LogP contribution in [0, 0.1) is 6.92 Å². The van der Waals surface area contributed by atoms with Crippen LogP contribution in [0.3, 0.4) is 0 Å². The predicted octanol–water partition coefficient (Wildman–Crippen LogP) is 4.22. The van der Waals surface area contributed by atoms with Gasteiger partial charge >= 0.3 is 0 Å². The zero-order valence-electron chi connectivity index (χ0n) is 16.7. The summed E-state index contributed by atoms with van der Waals surface area (Å²) < 4.78 is 10.6. The van der Waals surface area contributed by atoms with Crippen LogP contribution in [0.4, 0.5) is 0 Å². The number of nitrogens with zero attached hydrogens (tertiary/aromatic N) is 1. The van der Waals surface area contributed by atoms with Crippen LogP contribution in [0.1, 0.15) is 28.5 Å². The van der Waals surface area contributed by atoms with Gasteiger partial charge in [0.25, 0.3) is 11.7 Å². The molecule has 1 N–H and O–H groups in total. The summed E-state index contributed by atoms with van der Waals surface area (Å²) >= 11 is 0. The molecule has 2 heterocycles. The highest BCUT2D eigenvalue weighted by Gasteiger charge is 2.46. The summed E-state index contributed by atoms with van der Waals surface area (Å²) in [5.74, 6) is -0.556. The summed E-state index contributed by atoms with van der Waals surface area (Å²) in [6, 6.07) is 17.0. The number of ether oxygens (including phenoxy) is 1. The molecule has 152 valence electrons. The first-order valence-corrected chi connectivity index (χ1v) is 9.51. The largest absolute Gasteiger partial charge is 0.507 e. The van der Waals surface area contributed by atoms with Crippen LogP contribution in [0.25, 0.3) is 5.76 Å². The average molecular weight is 403 g/mol. The zero-order valence-corrected chi connectivity index (χ0v) is 16.7. The Kier molecular flexibility index (Phi) is 5.14. The van der Waals surface area contributed by atoms with E-state index in [1.165, 1.54) is 18.3 Å². The molecule has 6 heteroatoms. The summed E-state index contributed by atoms with van der Waals surface area (Å²) in [4.78, 5) is 27.3. The summed E-state index contributed by atoms with van der Waals surface area (Å²) in [6.07, 6.45) is 1.52. The molecule has 1 fully saturated rings. The van der Waals surface area contributed by atoms with Gasteiger partial charge < -0.3 is 19.2 Å². The molecule has 2 aromatic carbocycles. The van der Waals surface area contributed by atoms with E-state index in [2.05, 4.69) is 0 Å². The van der Waals surface area contributed by atoms with Crippen molar-refractivity contribution >= 4 is 17.4 Å². The standard InChI is InChI=1S/C24H21NO5/c1-15-8-10-16(11-9-15)21-20(22(26)17-5-3-6-18(13-17)29-2)23(27)24(28)25(21)14-19-7-4-12-30-19/h3-13,21,26H,14H2,1-2H3. The van der Waals surface area contributed by atoms with E-state index in [0.717, 1.165) is 11.1 Å². The molecule has 1 aliphatic rings. The fourth-order valence-electron chi connectivity index (χ4n) is 3.63. The maximum atomic E-state index is 13.0. The molecule has 0 radical (unpaired) electrons. The smallest absolute Gasteiger partial charge is 0.296 e. The number of hydrogen-bond donors (Lipinski definition) is 1. The second kappa shape index (κ2) is 7.91. The van der Waals surface area contributed by atoms with Crippen molar-refractivity contribution in [1.82, 2.24) is 4.90 Å². The molecule has 3 aromatic rings. The number of carbonyl (C=O) groups excluding carboxylic acids is 2. The molecule has 30 heavy (non-hydrogen) atoms.